The second kappa shape index (κ2) is 6.46. The van der Waals surface area contributed by atoms with Crippen LogP contribution >= 0.6 is 0 Å². The highest BCUT2D eigenvalue weighted by Gasteiger charge is 2.34. The van der Waals surface area contributed by atoms with E-state index in [1.54, 1.807) is 0 Å². The van der Waals surface area contributed by atoms with Gasteiger partial charge in [0.25, 0.3) is 0 Å². The predicted molar refractivity (Wildman–Crippen MR) is 83.5 cm³/mol. The summed E-state index contributed by atoms with van der Waals surface area (Å²) in [5.41, 5.74) is 0.457. The molecule has 2 aliphatic rings. The van der Waals surface area contributed by atoms with Gasteiger partial charge in [0, 0.05) is 12.1 Å². The van der Waals surface area contributed by atoms with Crippen LogP contribution in [0.1, 0.15) is 66.2 Å². The summed E-state index contributed by atoms with van der Waals surface area (Å²) in [5, 5.41) is 6.66. The van der Waals surface area contributed by atoms with Crippen LogP contribution in [-0.4, -0.2) is 24.5 Å². The third-order valence-electron chi connectivity index (χ3n) is 5.95. The van der Waals surface area contributed by atoms with Crippen LogP contribution in [0.3, 0.4) is 0 Å². The second-order valence-electron chi connectivity index (χ2n) is 7.54. The summed E-state index contributed by atoms with van der Waals surface area (Å²) < 4.78 is 0. The van der Waals surface area contributed by atoms with E-state index in [0.717, 1.165) is 31.7 Å². The number of amides is 1. The van der Waals surface area contributed by atoms with Crippen LogP contribution in [0.4, 0.5) is 0 Å². The summed E-state index contributed by atoms with van der Waals surface area (Å²) in [6.07, 6.45) is 7.10. The maximum Gasteiger partial charge on any atom is 0.224 e. The second-order valence-corrected chi connectivity index (χ2v) is 7.54. The molecule has 0 radical (unpaired) electrons. The zero-order valence-electron chi connectivity index (χ0n) is 13.7. The average Bonchev–Trinajstić information content (AvgIpc) is 2.85. The van der Waals surface area contributed by atoms with Crippen molar-refractivity contribution in [2.45, 2.75) is 78.3 Å². The van der Waals surface area contributed by atoms with Crippen LogP contribution in [0.25, 0.3) is 0 Å². The van der Waals surface area contributed by atoms with E-state index in [4.69, 9.17) is 0 Å². The molecule has 3 nitrogen and oxygen atoms in total. The molecule has 1 aliphatic heterocycles. The first kappa shape index (κ1) is 15.8. The Kier molecular flexibility index (Phi) is 5.11. The molecule has 2 fully saturated rings. The Labute approximate surface area is 124 Å². The number of hydrogen-bond donors (Lipinski definition) is 2. The molecule has 2 rings (SSSR count). The molecular weight excluding hydrogens is 248 g/mol. The standard InChI is InChI=1S/C17H32N2O/c1-5-17(3,4)13-6-8-14(9-7-13)19-16(20)15-10-11-18-12(15)2/h12-15,18H,5-11H2,1-4H3,(H,19,20). The Balaban J connectivity index is 1.78. The first-order valence-electron chi connectivity index (χ1n) is 8.47. The zero-order chi connectivity index (χ0) is 14.8. The lowest BCUT2D eigenvalue weighted by molar-refractivity contribution is -0.126. The fourth-order valence-electron chi connectivity index (χ4n) is 3.83. The highest BCUT2D eigenvalue weighted by Crippen LogP contribution is 2.40. The van der Waals surface area contributed by atoms with Gasteiger partial charge in [-0.05, 0) is 56.9 Å². The largest absolute Gasteiger partial charge is 0.353 e. The molecule has 1 aliphatic carbocycles. The highest BCUT2D eigenvalue weighted by atomic mass is 16.2. The topological polar surface area (TPSA) is 41.1 Å². The van der Waals surface area contributed by atoms with Gasteiger partial charge in [-0.3, -0.25) is 4.79 Å². The van der Waals surface area contributed by atoms with Gasteiger partial charge in [0.15, 0.2) is 0 Å². The molecular formula is C17H32N2O. The first-order chi connectivity index (χ1) is 9.44. The molecule has 0 bridgehead atoms. The van der Waals surface area contributed by atoms with Crippen molar-refractivity contribution in [3.8, 4) is 0 Å². The Bertz CT molecular complexity index is 332. The third-order valence-corrected chi connectivity index (χ3v) is 5.95. The predicted octanol–water partition coefficient (Wildman–Crippen LogP) is 3.10. The molecule has 116 valence electrons. The van der Waals surface area contributed by atoms with E-state index >= 15 is 0 Å². The van der Waals surface area contributed by atoms with Crippen molar-refractivity contribution in [3.05, 3.63) is 0 Å². The summed E-state index contributed by atoms with van der Waals surface area (Å²) in [6, 6.07) is 0.754. The number of carbonyl (C=O) groups excluding carboxylic acids is 1. The number of rotatable bonds is 4. The van der Waals surface area contributed by atoms with Crippen molar-refractivity contribution < 1.29 is 4.79 Å². The molecule has 2 atom stereocenters. The van der Waals surface area contributed by atoms with Gasteiger partial charge in [-0.15, -0.1) is 0 Å². The van der Waals surface area contributed by atoms with Gasteiger partial charge >= 0.3 is 0 Å². The van der Waals surface area contributed by atoms with E-state index in [-0.39, 0.29) is 11.8 Å². The normalized spacial score (nSPS) is 35.0. The highest BCUT2D eigenvalue weighted by molar-refractivity contribution is 5.80. The lowest BCUT2D eigenvalue weighted by atomic mass is 9.69. The van der Waals surface area contributed by atoms with Gasteiger partial charge in [-0.25, -0.2) is 0 Å². The number of carbonyl (C=O) groups is 1. The molecule has 1 amide bonds. The molecule has 0 aromatic carbocycles. The lowest BCUT2D eigenvalue weighted by Crippen LogP contribution is -2.44. The van der Waals surface area contributed by atoms with Gasteiger partial charge in [0.2, 0.25) is 5.91 Å². The van der Waals surface area contributed by atoms with E-state index < -0.39 is 0 Å². The van der Waals surface area contributed by atoms with E-state index in [2.05, 4.69) is 38.3 Å². The van der Waals surface area contributed by atoms with Crippen LogP contribution in [0.15, 0.2) is 0 Å². The van der Waals surface area contributed by atoms with Crippen molar-refractivity contribution in [1.29, 1.82) is 0 Å². The minimum absolute atomic E-state index is 0.180. The maximum atomic E-state index is 12.3. The van der Waals surface area contributed by atoms with E-state index in [1.165, 1.54) is 19.3 Å². The van der Waals surface area contributed by atoms with Crippen molar-refractivity contribution >= 4 is 5.91 Å². The SMILES string of the molecule is CCC(C)(C)C1CCC(NC(=O)C2CCNC2C)CC1. The Hall–Kier alpha value is -0.570. The quantitative estimate of drug-likeness (QED) is 0.831. The Morgan fingerprint density at radius 1 is 1.20 bits per heavy atom. The summed E-state index contributed by atoms with van der Waals surface area (Å²) in [4.78, 5) is 12.3. The number of hydrogen-bond acceptors (Lipinski definition) is 2. The fourth-order valence-corrected chi connectivity index (χ4v) is 3.83. The molecule has 2 unspecified atom stereocenters. The van der Waals surface area contributed by atoms with E-state index in [0.29, 0.717) is 17.5 Å². The third kappa shape index (κ3) is 3.55. The monoisotopic (exact) mass is 280 g/mol. The van der Waals surface area contributed by atoms with Crippen LogP contribution < -0.4 is 10.6 Å². The fraction of sp³-hybridized carbons (Fsp3) is 0.941. The first-order valence-corrected chi connectivity index (χ1v) is 8.47. The minimum Gasteiger partial charge on any atom is -0.353 e. The maximum absolute atomic E-state index is 12.3. The molecule has 20 heavy (non-hydrogen) atoms. The van der Waals surface area contributed by atoms with Gasteiger partial charge in [-0.2, -0.15) is 0 Å². The summed E-state index contributed by atoms with van der Waals surface area (Å²) in [5.74, 6) is 1.29. The Morgan fingerprint density at radius 2 is 1.85 bits per heavy atom. The van der Waals surface area contributed by atoms with E-state index in [9.17, 15) is 4.79 Å². The number of nitrogens with one attached hydrogen (secondary N) is 2. The molecule has 0 aromatic rings. The van der Waals surface area contributed by atoms with Crippen molar-refractivity contribution in [2.24, 2.45) is 17.3 Å². The van der Waals surface area contributed by atoms with Gasteiger partial charge in [-0.1, -0.05) is 27.2 Å². The van der Waals surface area contributed by atoms with Gasteiger partial charge in [0.05, 0.1) is 5.92 Å². The van der Waals surface area contributed by atoms with Crippen molar-refractivity contribution in [3.63, 3.8) is 0 Å². The Morgan fingerprint density at radius 3 is 2.35 bits per heavy atom. The molecule has 1 saturated heterocycles. The average molecular weight is 280 g/mol. The molecule has 3 heteroatoms. The molecule has 1 heterocycles. The minimum atomic E-state index is 0.180. The van der Waals surface area contributed by atoms with Crippen molar-refractivity contribution in [2.75, 3.05) is 6.54 Å². The van der Waals surface area contributed by atoms with Crippen molar-refractivity contribution in [1.82, 2.24) is 10.6 Å². The summed E-state index contributed by atoms with van der Waals surface area (Å²) >= 11 is 0. The van der Waals surface area contributed by atoms with Gasteiger partial charge in [0.1, 0.15) is 0 Å². The summed E-state index contributed by atoms with van der Waals surface area (Å²) in [6.45, 7) is 10.2. The van der Waals surface area contributed by atoms with Crippen LogP contribution in [0.2, 0.25) is 0 Å². The lowest BCUT2D eigenvalue weighted by Gasteiger charge is -2.39. The molecule has 0 spiro atoms. The van der Waals surface area contributed by atoms with Crippen LogP contribution in [0, 0.1) is 17.3 Å². The van der Waals surface area contributed by atoms with E-state index in [1.807, 2.05) is 0 Å². The summed E-state index contributed by atoms with van der Waals surface area (Å²) in [7, 11) is 0. The van der Waals surface area contributed by atoms with Crippen LogP contribution in [-0.2, 0) is 4.79 Å². The zero-order valence-corrected chi connectivity index (χ0v) is 13.7. The van der Waals surface area contributed by atoms with Gasteiger partial charge < -0.3 is 10.6 Å². The smallest absolute Gasteiger partial charge is 0.224 e. The molecule has 2 N–H and O–H groups in total. The van der Waals surface area contributed by atoms with Crippen LogP contribution in [0.5, 0.6) is 0 Å². The molecule has 1 saturated carbocycles. The molecule has 0 aromatic heterocycles.